The average molecular weight is 1510 g/mol. The highest BCUT2D eigenvalue weighted by atomic mass is 35.5. The Kier molecular flexibility index (Phi) is 30.7. The normalized spacial score (nSPS) is 10.8. The maximum Gasteiger partial charge on any atom is 0.267 e. The van der Waals surface area contributed by atoms with E-state index in [0.29, 0.717) is 71.6 Å². The van der Waals surface area contributed by atoms with E-state index < -0.39 is 0 Å². The number of carbonyl (C=O) groups excluding carboxylic acids is 5. The lowest BCUT2D eigenvalue weighted by molar-refractivity contribution is 0.101. The summed E-state index contributed by atoms with van der Waals surface area (Å²) in [5.74, 6) is 2.81. The number of halogens is 2. The zero-order valence-corrected chi connectivity index (χ0v) is 67.4. The third kappa shape index (κ3) is 23.8. The number of aromatic nitrogens is 9. The van der Waals surface area contributed by atoms with Gasteiger partial charge in [-0.2, -0.15) is 20.4 Å². The van der Waals surface area contributed by atoms with E-state index in [4.69, 9.17) is 46.9 Å². The molecule has 0 fully saturated rings. The number of ether oxygens (including phenoxy) is 5. The Morgan fingerprint density at radius 3 is 0.981 bits per heavy atom. The van der Waals surface area contributed by atoms with Crippen LogP contribution in [0.4, 0.5) is 28.4 Å². The van der Waals surface area contributed by atoms with Gasteiger partial charge in [-0.25, -0.2) is 4.98 Å². The fourth-order valence-corrected chi connectivity index (χ4v) is 11.9. The lowest BCUT2D eigenvalue weighted by atomic mass is 10.1. The van der Waals surface area contributed by atoms with Crippen molar-refractivity contribution in [2.45, 2.75) is 169 Å². The molecule has 106 heavy (non-hydrogen) atoms. The highest BCUT2D eigenvalue weighted by Crippen LogP contribution is 2.33. The van der Waals surface area contributed by atoms with Crippen molar-refractivity contribution in [3.8, 4) is 28.7 Å². The molecule has 0 atom stereocenters. The molecule has 24 nitrogen and oxygen atoms in total. The quantitative estimate of drug-likeness (QED) is 0.0474. The van der Waals surface area contributed by atoms with Gasteiger partial charge in [0, 0.05) is 97.3 Å². The van der Waals surface area contributed by atoms with Crippen molar-refractivity contribution < 1.29 is 47.7 Å². The smallest absolute Gasteiger partial charge is 0.267 e. The number of carbonyl (C=O) groups is 5. The second-order valence-electron chi connectivity index (χ2n) is 26.3. The maximum atomic E-state index is 12.5. The predicted molar refractivity (Wildman–Crippen MR) is 423 cm³/mol. The second-order valence-corrected chi connectivity index (χ2v) is 28.3. The van der Waals surface area contributed by atoms with Gasteiger partial charge in [0.2, 0.25) is 0 Å². The summed E-state index contributed by atoms with van der Waals surface area (Å²) in [6.45, 7) is 38.3. The molecule has 0 unspecified atom stereocenters. The molecule has 5 amide bonds. The molecule has 0 bridgehead atoms. The van der Waals surface area contributed by atoms with Gasteiger partial charge in [0.25, 0.3) is 29.5 Å². The molecule has 0 aliphatic rings. The van der Waals surface area contributed by atoms with Crippen molar-refractivity contribution in [2.24, 2.45) is 28.2 Å². The van der Waals surface area contributed by atoms with E-state index in [1.807, 2.05) is 222 Å². The predicted octanol–water partition coefficient (Wildman–Crippen LogP) is 17.4. The summed E-state index contributed by atoms with van der Waals surface area (Å²) in [7, 11) is 7.00. The summed E-state index contributed by atoms with van der Waals surface area (Å²) in [5.41, 5.74) is 12.5. The number of nitrogens with zero attached hydrogens (tertiary/aromatic N) is 9. The van der Waals surface area contributed by atoms with Gasteiger partial charge in [-0.3, -0.25) is 42.7 Å². The number of hydrogen-bond donors (Lipinski definition) is 5. The number of amides is 5. The van der Waals surface area contributed by atoms with E-state index in [1.165, 1.54) is 20.7 Å². The van der Waals surface area contributed by atoms with E-state index >= 15 is 0 Å². The molecule has 27 heteroatoms. The third-order valence-electron chi connectivity index (χ3n) is 15.4. The van der Waals surface area contributed by atoms with Gasteiger partial charge in [-0.1, -0.05) is 53.5 Å². The van der Waals surface area contributed by atoms with Crippen molar-refractivity contribution in [3.05, 3.63) is 203 Å². The minimum atomic E-state index is -0.277. The summed E-state index contributed by atoms with van der Waals surface area (Å²) >= 11 is 13.7. The number of benzene rings is 5. The van der Waals surface area contributed by atoms with Crippen LogP contribution in [0.5, 0.6) is 28.7 Å². The molecule has 0 saturated heterocycles. The first-order valence-corrected chi connectivity index (χ1v) is 36.1. The fourth-order valence-electron chi connectivity index (χ4n) is 10.5. The number of nitrogens with one attached hydrogen (secondary N) is 5. The molecule has 0 aliphatic heterocycles. The molecule has 5 aromatic heterocycles. The van der Waals surface area contributed by atoms with Gasteiger partial charge in [-0.15, -0.1) is 11.3 Å². The number of rotatable bonds is 20. The van der Waals surface area contributed by atoms with E-state index in [1.54, 1.807) is 63.8 Å². The van der Waals surface area contributed by atoms with Crippen molar-refractivity contribution in [1.82, 2.24) is 44.1 Å². The van der Waals surface area contributed by atoms with Crippen LogP contribution in [-0.2, 0) is 28.2 Å². The SMILES string of the molecule is Cc1nc(C)c(C(=O)Nc2cccc(OC(C)C)c2)s1.Cc1nn(C)c(Cl)c1C(=O)Nc1cccc(OC(C)C)c1C.Cc1nn(C)c(Cl)c1C(=O)Nc1cccc(OC(C)C)c1C.Cc1nn(C)cc1C(=O)Nc1cccc(OC(C)C)c1C.Cc1nn(C)cc1C(=O)Nc1cccc(OC(C)C)c1C. The third-order valence-corrected chi connectivity index (χ3v) is 17.4. The van der Waals surface area contributed by atoms with Crippen LogP contribution >= 0.6 is 34.5 Å². The number of thiazole rings is 1. The van der Waals surface area contributed by atoms with Crippen LogP contribution in [-0.4, -0.2) is 104 Å². The van der Waals surface area contributed by atoms with Gasteiger partial charge in [0.05, 0.1) is 86.3 Å². The van der Waals surface area contributed by atoms with E-state index in [9.17, 15) is 24.0 Å². The molecular formula is C79H100Cl2N14O10S. The number of anilines is 5. The van der Waals surface area contributed by atoms with E-state index in [-0.39, 0.29) is 60.1 Å². The number of aryl methyl sites for hydroxylation is 10. The second kappa shape index (κ2) is 38.5. The highest BCUT2D eigenvalue weighted by Gasteiger charge is 2.24. The summed E-state index contributed by atoms with van der Waals surface area (Å²) in [5, 5.41) is 32.7. The Balaban J connectivity index is 0.000000208. The summed E-state index contributed by atoms with van der Waals surface area (Å²) in [6.07, 6.45) is 3.86. The van der Waals surface area contributed by atoms with Crippen molar-refractivity contribution in [1.29, 1.82) is 0 Å². The Morgan fingerprint density at radius 1 is 0.387 bits per heavy atom. The Bertz CT molecular complexity index is 4480. The summed E-state index contributed by atoms with van der Waals surface area (Å²) in [4.78, 5) is 66.7. The zero-order valence-electron chi connectivity index (χ0n) is 65.1. The Labute approximate surface area is 635 Å². The van der Waals surface area contributed by atoms with Crippen LogP contribution < -0.4 is 50.3 Å². The van der Waals surface area contributed by atoms with Crippen LogP contribution in [0, 0.1) is 69.2 Å². The Hall–Kier alpha value is -10.5. The lowest BCUT2D eigenvalue weighted by Crippen LogP contribution is -2.15. The molecule has 0 radical (unpaired) electrons. The molecule has 5 heterocycles. The minimum absolute atomic E-state index is 0.0691. The molecule has 0 saturated carbocycles. The molecule has 0 aliphatic carbocycles. The van der Waals surface area contributed by atoms with Crippen LogP contribution in [0.3, 0.4) is 0 Å². The van der Waals surface area contributed by atoms with Gasteiger partial charge in [0.1, 0.15) is 43.9 Å². The monoisotopic (exact) mass is 1510 g/mol. The maximum absolute atomic E-state index is 12.5. The first-order chi connectivity index (χ1) is 49.8. The fraction of sp³-hybridized carbons (Fsp3) is 0.367. The average Bonchev–Trinajstić information content (AvgIpc) is 1.60. The van der Waals surface area contributed by atoms with Crippen molar-refractivity contribution >= 4 is 92.5 Å². The van der Waals surface area contributed by atoms with Crippen LogP contribution in [0.25, 0.3) is 0 Å². The molecule has 0 spiro atoms. The molecule has 5 N–H and O–H groups in total. The van der Waals surface area contributed by atoms with Crippen molar-refractivity contribution in [2.75, 3.05) is 26.6 Å². The van der Waals surface area contributed by atoms with Gasteiger partial charge >= 0.3 is 0 Å². The molecule has 10 rings (SSSR count). The minimum Gasteiger partial charge on any atom is -0.491 e. The van der Waals surface area contributed by atoms with Crippen molar-refractivity contribution in [3.63, 3.8) is 0 Å². The van der Waals surface area contributed by atoms with Gasteiger partial charge < -0.3 is 50.3 Å². The zero-order chi connectivity index (χ0) is 78.7. The molecule has 10 aromatic rings. The Morgan fingerprint density at radius 2 is 0.708 bits per heavy atom. The lowest BCUT2D eigenvalue weighted by Gasteiger charge is -2.15. The molecule has 566 valence electrons. The van der Waals surface area contributed by atoms with Crippen LogP contribution in [0.1, 0.15) is 176 Å². The summed E-state index contributed by atoms with van der Waals surface area (Å²) < 4.78 is 34.8. The van der Waals surface area contributed by atoms with E-state index in [0.717, 1.165) is 78.8 Å². The number of hydrogen-bond acceptors (Lipinski definition) is 16. The van der Waals surface area contributed by atoms with Crippen LogP contribution in [0.2, 0.25) is 10.3 Å². The van der Waals surface area contributed by atoms with E-state index in [2.05, 4.69) is 52.0 Å². The topological polar surface area (TPSA) is 276 Å². The van der Waals surface area contributed by atoms with Gasteiger partial charge in [0.15, 0.2) is 0 Å². The molecule has 5 aromatic carbocycles. The summed E-state index contributed by atoms with van der Waals surface area (Å²) in [6, 6.07) is 29.8. The standard InChI is InChI=1S/2C16H20ClN3O2.2C16H21N3O2.C15H18N2O2S/c2*1-9(2)22-13-8-6-7-12(10(13)3)18-16(21)14-11(4)19-20(5)15(14)17;2*1-10(2)21-15-8-6-7-14(11(15)3)17-16(20)13-9-19(5)18-12(13)4;1-9(2)19-13-7-5-6-12(8-13)17-15(18)14-10(3)16-11(4)20-14/h2*6-9H,1-5H3,(H,18,21);2*6-10H,1-5H3,(H,17,20);5-9H,1-4H3,(H,17,18). The highest BCUT2D eigenvalue weighted by molar-refractivity contribution is 7.13. The first-order valence-electron chi connectivity index (χ1n) is 34.5. The van der Waals surface area contributed by atoms with Crippen LogP contribution in [0.15, 0.2) is 109 Å². The van der Waals surface area contributed by atoms with Gasteiger partial charge in [-0.05, 0) is 199 Å². The molecular weight excluding hydrogens is 1410 g/mol. The largest absolute Gasteiger partial charge is 0.491 e. The first kappa shape index (κ1) is 84.4.